The third kappa shape index (κ3) is 3.02. The van der Waals surface area contributed by atoms with Crippen molar-refractivity contribution >= 4 is 5.78 Å². The Morgan fingerprint density at radius 2 is 1.93 bits per heavy atom. The lowest BCUT2D eigenvalue weighted by Gasteiger charge is -2.35. The van der Waals surface area contributed by atoms with E-state index in [-0.39, 0.29) is 11.2 Å². The first-order valence-electron chi connectivity index (χ1n) is 9.40. The molecule has 2 aromatic carbocycles. The molecule has 1 saturated heterocycles. The highest BCUT2D eigenvalue weighted by molar-refractivity contribution is 6.05. The zero-order valence-electron chi connectivity index (χ0n) is 15.7. The molecule has 0 N–H and O–H groups in total. The smallest absolute Gasteiger partial charge is 0.169 e. The van der Waals surface area contributed by atoms with Crippen LogP contribution in [0.2, 0.25) is 0 Å². The van der Waals surface area contributed by atoms with Gasteiger partial charge in [0, 0.05) is 24.2 Å². The van der Waals surface area contributed by atoms with Crippen molar-refractivity contribution in [3.05, 3.63) is 53.1 Å². The molecule has 2 aliphatic rings. The van der Waals surface area contributed by atoms with Crippen molar-refractivity contribution in [2.45, 2.75) is 26.2 Å². The van der Waals surface area contributed by atoms with Crippen LogP contribution < -0.4 is 4.74 Å². The summed E-state index contributed by atoms with van der Waals surface area (Å²) in [5.74, 6) is 1.26. The maximum Gasteiger partial charge on any atom is 0.169 e. The number of benzene rings is 2. The second-order valence-electron chi connectivity index (χ2n) is 7.74. The van der Waals surface area contributed by atoms with Crippen LogP contribution >= 0.6 is 0 Å². The third-order valence-electron chi connectivity index (χ3n) is 6.16. The summed E-state index contributed by atoms with van der Waals surface area (Å²) in [6, 6.07) is 13.7. The van der Waals surface area contributed by atoms with E-state index in [1.165, 1.54) is 0 Å². The van der Waals surface area contributed by atoms with Gasteiger partial charge in [0.15, 0.2) is 5.78 Å². The lowest BCUT2D eigenvalue weighted by molar-refractivity contribution is 0.0206. The number of carbonyl (C=O) groups excluding carboxylic acids is 1. The summed E-state index contributed by atoms with van der Waals surface area (Å²) in [4.78, 5) is 13.3. The lowest BCUT2D eigenvalue weighted by Crippen LogP contribution is -2.37. The lowest BCUT2D eigenvalue weighted by atomic mass is 9.70. The standard InChI is InChI=1S/C23H23NO3/c1-23(19-5-7-27-8-6-19)13-17-4-3-16(12-21(17)22(23)25)18-9-15(14-24)10-20(11-18)26-2/h3-4,9-12,19H,5-8,13H2,1-2H3. The molecule has 4 nitrogen and oxygen atoms in total. The predicted octanol–water partition coefficient (Wildman–Crippen LogP) is 4.41. The second-order valence-corrected chi connectivity index (χ2v) is 7.74. The summed E-state index contributed by atoms with van der Waals surface area (Å²) in [7, 11) is 1.59. The van der Waals surface area contributed by atoms with Crippen LogP contribution in [0.4, 0.5) is 0 Å². The number of hydrogen-bond acceptors (Lipinski definition) is 4. The predicted molar refractivity (Wildman–Crippen MR) is 103 cm³/mol. The van der Waals surface area contributed by atoms with Crippen LogP contribution in [0.5, 0.6) is 5.75 Å². The Morgan fingerprint density at radius 1 is 1.15 bits per heavy atom. The minimum absolute atomic E-state index is 0.245. The van der Waals surface area contributed by atoms with Gasteiger partial charge in [-0.05, 0) is 66.1 Å². The molecule has 0 spiro atoms. The molecule has 4 heteroatoms. The van der Waals surface area contributed by atoms with E-state index in [4.69, 9.17) is 9.47 Å². The number of fused-ring (bicyclic) bond motifs is 1. The molecule has 1 fully saturated rings. The Bertz CT molecular complexity index is 937. The van der Waals surface area contributed by atoms with Gasteiger partial charge in [-0.1, -0.05) is 19.1 Å². The first-order valence-corrected chi connectivity index (χ1v) is 9.40. The zero-order chi connectivity index (χ0) is 19.0. The normalized spacial score (nSPS) is 22.3. The van der Waals surface area contributed by atoms with E-state index in [2.05, 4.69) is 19.1 Å². The molecule has 1 heterocycles. The number of rotatable bonds is 3. The molecular formula is C23H23NO3. The number of ether oxygens (including phenoxy) is 2. The summed E-state index contributed by atoms with van der Waals surface area (Å²) in [6.45, 7) is 3.61. The fraction of sp³-hybridized carbons (Fsp3) is 0.391. The molecular weight excluding hydrogens is 338 g/mol. The Balaban J connectivity index is 1.71. The monoisotopic (exact) mass is 361 g/mol. The molecule has 1 aliphatic carbocycles. The SMILES string of the molecule is COc1cc(C#N)cc(-c2ccc3c(c2)C(=O)C(C)(C2CCOCC2)C3)c1. The highest BCUT2D eigenvalue weighted by atomic mass is 16.5. The molecule has 138 valence electrons. The zero-order valence-corrected chi connectivity index (χ0v) is 15.7. The molecule has 0 radical (unpaired) electrons. The van der Waals surface area contributed by atoms with E-state index in [1.54, 1.807) is 13.2 Å². The van der Waals surface area contributed by atoms with E-state index in [9.17, 15) is 10.1 Å². The van der Waals surface area contributed by atoms with Crippen LogP contribution in [0.25, 0.3) is 11.1 Å². The fourth-order valence-electron chi connectivity index (χ4n) is 4.52. The Hall–Kier alpha value is -2.64. The number of nitrogens with zero attached hydrogens (tertiary/aromatic N) is 1. The van der Waals surface area contributed by atoms with Crippen LogP contribution in [0.1, 0.15) is 41.3 Å². The molecule has 0 amide bonds. The largest absolute Gasteiger partial charge is 0.497 e. The first kappa shape index (κ1) is 17.8. The quantitative estimate of drug-likeness (QED) is 0.813. The number of hydrogen-bond donors (Lipinski definition) is 0. The number of methoxy groups -OCH3 is 1. The van der Waals surface area contributed by atoms with Crippen LogP contribution in [0, 0.1) is 22.7 Å². The van der Waals surface area contributed by atoms with Gasteiger partial charge in [0.1, 0.15) is 5.75 Å². The minimum atomic E-state index is -0.336. The first-order chi connectivity index (χ1) is 13.0. The molecule has 1 unspecified atom stereocenters. The maximum absolute atomic E-state index is 13.3. The summed E-state index contributed by atoms with van der Waals surface area (Å²) < 4.78 is 10.8. The molecule has 27 heavy (non-hydrogen) atoms. The Morgan fingerprint density at radius 3 is 2.63 bits per heavy atom. The fourth-order valence-corrected chi connectivity index (χ4v) is 4.52. The van der Waals surface area contributed by atoms with Gasteiger partial charge in [-0.15, -0.1) is 0 Å². The van der Waals surface area contributed by atoms with Crippen molar-refractivity contribution in [3.63, 3.8) is 0 Å². The summed E-state index contributed by atoms with van der Waals surface area (Å²) in [5, 5.41) is 9.27. The van der Waals surface area contributed by atoms with E-state index in [0.29, 0.717) is 17.2 Å². The van der Waals surface area contributed by atoms with Gasteiger partial charge >= 0.3 is 0 Å². The molecule has 0 aromatic heterocycles. The van der Waals surface area contributed by atoms with Crippen LogP contribution in [0.15, 0.2) is 36.4 Å². The van der Waals surface area contributed by atoms with Crippen molar-refractivity contribution in [2.24, 2.45) is 11.3 Å². The molecule has 4 rings (SSSR count). The van der Waals surface area contributed by atoms with E-state index < -0.39 is 0 Å². The maximum atomic E-state index is 13.3. The molecule has 1 atom stereocenters. The van der Waals surface area contributed by atoms with Gasteiger partial charge in [0.2, 0.25) is 0 Å². The van der Waals surface area contributed by atoms with Gasteiger partial charge in [0.25, 0.3) is 0 Å². The highest BCUT2D eigenvalue weighted by Crippen LogP contribution is 2.46. The summed E-state index contributed by atoms with van der Waals surface area (Å²) >= 11 is 0. The topological polar surface area (TPSA) is 59.3 Å². The van der Waals surface area contributed by atoms with Gasteiger partial charge in [-0.2, -0.15) is 5.26 Å². The Kier molecular flexibility index (Phi) is 4.49. The average Bonchev–Trinajstić information content (AvgIpc) is 2.99. The van der Waals surface area contributed by atoms with Gasteiger partial charge in [-0.25, -0.2) is 0 Å². The van der Waals surface area contributed by atoms with Crippen LogP contribution in [-0.4, -0.2) is 26.1 Å². The van der Waals surface area contributed by atoms with Gasteiger partial charge in [-0.3, -0.25) is 4.79 Å². The summed E-state index contributed by atoms with van der Waals surface area (Å²) in [5.41, 5.74) is 3.98. The van der Waals surface area contributed by atoms with Crippen LogP contribution in [-0.2, 0) is 11.2 Å². The van der Waals surface area contributed by atoms with E-state index in [1.807, 2.05) is 24.3 Å². The Labute approximate surface area is 159 Å². The molecule has 0 bridgehead atoms. The van der Waals surface area contributed by atoms with E-state index in [0.717, 1.165) is 54.7 Å². The highest BCUT2D eigenvalue weighted by Gasteiger charge is 2.47. The van der Waals surface area contributed by atoms with Gasteiger partial charge < -0.3 is 9.47 Å². The summed E-state index contributed by atoms with van der Waals surface area (Å²) in [6.07, 6.45) is 2.70. The van der Waals surface area contributed by atoms with E-state index >= 15 is 0 Å². The van der Waals surface area contributed by atoms with Crippen molar-refractivity contribution in [1.29, 1.82) is 5.26 Å². The van der Waals surface area contributed by atoms with Crippen LogP contribution in [0.3, 0.4) is 0 Å². The van der Waals surface area contributed by atoms with Crippen molar-refractivity contribution in [2.75, 3.05) is 20.3 Å². The third-order valence-corrected chi connectivity index (χ3v) is 6.16. The minimum Gasteiger partial charge on any atom is -0.497 e. The molecule has 0 saturated carbocycles. The van der Waals surface area contributed by atoms with Gasteiger partial charge in [0.05, 0.1) is 18.7 Å². The second kappa shape index (κ2) is 6.83. The average molecular weight is 361 g/mol. The molecule has 2 aromatic rings. The number of carbonyl (C=O) groups is 1. The molecule has 1 aliphatic heterocycles. The van der Waals surface area contributed by atoms with Crippen molar-refractivity contribution in [1.82, 2.24) is 0 Å². The number of nitriles is 1. The van der Waals surface area contributed by atoms with Crippen molar-refractivity contribution < 1.29 is 14.3 Å². The number of Topliss-reactive ketones (excluding diaryl/α,β-unsaturated/α-hetero) is 1. The van der Waals surface area contributed by atoms with Crippen molar-refractivity contribution in [3.8, 4) is 22.9 Å². The number of ketones is 1.